The van der Waals surface area contributed by atoms with Crippen molar-refractivity contribution in [2.75, 3.05) is 6.54 Å². The molecule has 1 aliphatic rings. The molecular formula is C15H23N3O4. The maximum absolute atomic E-state index is 12.3. The van der Waals surface area contributed by atoms with Crippen LogP contribution in [0, 0.1) is 0 Å². The molecule has 7 heteroatoms. The summed E-state index contributed by atoms with van der Waals surface area (Å²) in [4.78, 5) is 29.2. The third-order valence-electron chi connectivity index (χ3n) is 3.80. The van der Waals surface area contributed by atoms with Crippen LogP contribution in [-0.2, 0) is 21.4 Å². The standard InChI is InChI=1S/C15H23N3O4/c1-15(2,3)14-16-11(22-17-14)7-8-12(19)18-9-5-4-6-10(18)13(20)21/h10H,4-9H2,1-3H3,(H,20,21). The molecule has 1 aliphatic heterocycles. The molecule has 0 radical (unpaired) electrons. The Kier molecular flexibility index (Phi) is 4.83. The highest BCUT2D eigenvalue weighted by Crippen LogP contribution is 2.20. The lowest BCUT2D eigenvalue weighted by molar-refractivity contribution is -0.152. The summed E-state index contributed by atoms with van der Waals surface area (Å²) in [6.07, 6.45) is 2.75. The number of carboxylic acid groups (broad SMARTS) is 1. The number of amides is 1. The number of rotatable bonds is 4. The third-order valence-corrected chi connectivity index (χ3v) is 3.80. The highest BCUT2D eigenvalue weighted by atomic mass is 16.5. The molecule has 1 aromatic rings. The van der Waals surface area contributed by atoms with E-state index in [-0.39, 0.29) is 17.7 Å². The largest absolute Gasteiger partial charge is 0.480 e. The van der Waals surface area contributed by atoms with Gasteiger partial charge >= 0.3 is 5.97 Å². The zero-order chi connectivity index (χ0) is 16.3. The Labute approximate surface area is 129 Å². The number of carbonyl (C=O) groups excluding carboxylic acids is 1. The molecule has 1 amide bonds. The number of hydrogen-bond acceptors (Lipinski definition) is 5. The summed E-state index contributed by atoms with van der Waals surface area (Å²) in [5, 5.41) is 13.1. The molecule has 7 nitrogen and oxygen atoms in total. The van der Waals surface area contributed by atoms with Crippen molar-refractivity contribution in [1.82, 2.24) is 15.0 Å². The van der Waals surface area contributed by atoms with Gasteiger partial charge in [-0.1, -0.05) is 25.9 Å². The van der Waals surface area contributed by atoms with Gasteiger partial charge in [0.25, 0.3) is 0 Å². The maximum Gasteiger partial charge on any atom is 0.326 e. The van der Waals surface area contributed by atoms with Crippen molar-refractivity contribution in [2.24, 2.45) is 0 Å². The molecule has 0 aromatic carbocycles. The van der Waals surface area contributed by atoms with E-state index in [2.05, 4.69) is 10.1 Å². The van der Waals surface area contributed by atoms with Gasteiger partial charge < -0.3 is 14.5 Å². The van der Waals surface area contributed by atoms with Gasteiger partial charge in [0.15, 0.2) is 5.82 Å². The van der Waals surface area contributed by atoms with Gasteiger partial charge in [0.2, 0.25) is 11.8 Å². The fraction of sp³-hybridized carbons (Fsp3) is 0.733. The lowest BCUT2D eigenvalue weighted by atomic mass is 9.96. The van der Waals surface area contributed by atoms with Crippen molar-refractivity contribution in [1.29, 1.82) is 0 Å². The van der Waals surface area contributed by atoms with Crippen molar-refractivity contribution in [3.05, 3.63) is 11.7 Å². The number of carbonyl (C=O) groups is 2. The summed E-state index contributed by atoms with van der Waals surface area (Å²) < 4.78 is 5.16. The number of carboxylic acids is 1. The zero-order valence-electron chi connectivity index (χ0n) is 13.3. The Bertz CT molecular complexity index is 547. The van der Waals surface area contributed by atoms with E-state index in [1.807, 2.05) is 20.8 Å². The van der Waals surface area contributed by atoms with Crippen LogP contribution in [0.2, 0.25) is 0 Å². The summed E-state index contributed by atoms with van der Waals surface area (Å²) in [7, 11) is 0. The second-order valence-corrected chi connectivity index (χ2v) is 6.70. The molecule has 1 aromatic heterocycles. The van der Waals surface area contributed by atoms with Crippen LogP contribution in [-0.4, -0.2) is 44.6 Å². The number of likely N-dealkylation sites (tertiary alicyclic amines) is 1. The molecule has 1 atom stereocenters. The first-order valence-corrected chi connectivity index (χ1v) is 7.64. The quantitative estimate of drug-likeness (QED) is 0.910. The molecule has 0 saturated carbocycles. The Morgan fingerprint density at radius 3 is 2.68 bits per heavy atom. The van der Waals surface area contributed by atoms with E-state index in [1.54, 1.807) is 0 Å². The van der Waals surface area contributed by atoms with E-state index in [9.17, 15) is 14.7 Å². The van der Waals surface area contributed by atoms with Gasteiger partial charge in [-0.05, 0) is 19.3 Å². The zero-order valence-corrected chi connectivity index (χ0v) is 13.3. The van der Waals surface area contributed by atoms with E-state index in [0.717, 1.165) is 12.8 Å². The van der Waals surface area contributed by atoms with E-state index in [4.69, 9.17) is 4.52 Å². The molecule has 2 rings (SSSR count). The number of aliphatic carboxylic acids is 1. The topological polar surface area (TPSA) is 96.5 Å². The SMILES string of the molecule is CC(C)(C)c1noc(CCC(=O)N2CCCCC2C(=O)O)n1. The lowest BCUT2D eigenvalue weighted by Gasteiger charge is -2.32. The van der Waals surface area contributed by atoms with Crippen LogP contribution in [0.3, 0.4) is 0 Å². The fourth-order valence-corrected chi connectivity index (χ4v) is 2.51. The second kappa shape index (κ2) is 6.46. The Hall–Kier alpha value is -1.92. The minimum absolute atomic E-state index is 0.164. The number of nitrogens with zero attached hydrogens (tertiary/aromatic N) is 3. The van der Waals surface area contributed by atoms with Crippen LogP contribution in [0.25, 0.3) is 0 Å². The first-order chi connectivity index (χ1) is 10.3. The molecule has 122 valence electrons. The molecule has 1 saturated heterocycles. The average Bonchev–Trinajstić information content (AvgIpc) is 2.93. The minimum Gasteiger partial charge on any atom is -0.480 e. The predicted octanol–water partition coefficient (Wildman–Crippen LogP) is 1.77. The van der Waals surface area contributed by atoms with Crippen molar-refractivity contribution in [3.8, 4) is 0 Å². The first kappa shape index (κ1) is 16.5. The van der Waals surface area contributed by atoms with Crippen LogP contribution < -0.4 is 0 Å². The monoisotopic (exact) mass is 309 g/mol. The fourth-order valence-electron chi connectivity index (χ4n) is 2.51. The summed E-state index contributed by atoms with van der Waals surface area (Å²) >= 11 is 0. The molecule has 22 heavy (non-hydrogen) atoms. The Morgan fingerprint density at radius 1 is 1.36 bits per heavy atom. The van der Waals surface area contributed by atoms with Gasteiger partial charge in [-0.25, -0.2) is 4.79 Å². The van der Waals surface area contributed by atoms with Gasteiger partial charge in [-0.3, -0.25) is 4.79 Å². The number of hydrogen-bond donors (Lipinski definition) is 1. The predicted molar refractivity (Wildman–Crippen MR) is 78.3 cm³/mol. The van der Waals surface area contributed by atoms with Crippen LogP contribution in [0.1, 0.15) is 58.2 Å². The number of aromatic nitrogens is 2. The molecule has 1 fully saturated rings. The lowest BCUT2D eigenvalue weighted by Crippen LogP contribution is -2.48. The van der Waals surface area contributed by atoms with E-state index < -0.39 is 12.0 Å². The molecule has 0 bridgehead atoms. The average molecular weight is 309 g/mol. The summed E-state index contributed by atoms with van der Waals surface area (Å²) in [5.41, 5.74) is -0.201. The minimum atomic E-state index is -0.930. The highest BCUT2D eigenvalue weighted by molar-refractivity contribution is 5.83. The molecule has 0 spiro atoms. The van der Waals surface area contributed by atoms with E-state index in [1.165, 1.54) is 4.90 Å². The molecule has 1 unspecified atom stereocenters. The normalized spacial score (nSPS) is 19.2. The Morgan fingerprint density at radius 2 is 2.09 bits per heavy atom. The van der Waals surface area contributed by atoms with Gasteiger partial charge in [-0.2, -0.15) is 4.98 Å². The number of aryl methyl sites for hydroxylation is 1. The first-order valence-electron chi connectivity index (χ1n) is 7.64. The summed E-state index contributed by atoms with van der Waals surface area (Å²) in [6.45, 7) is 6.46. The second-order valence-electron chi connectivity index (χ2n) is 6.70. The summed E-state index contributed by atoms with van der Waals surface area (Å²) in [6, 6.07) is -0.700. The molecule has 2 heterocycles. The molecule has 1 N–H and O–H groups in total. The molecule has 0 aliphatic carbocycles. The van der Waals surface area contributed by atoms with Crippen LogP contribution >= 0.6 is 0 Å². The van der Waals surface area contributed by atoms with Crippen molar-refractivity contribution < 1.29 is 19.2 Å². The smallest absolute Gasteiger partial charge is 0.326 e. The van der Waals surface area contributed by atoms with Gasteiger partial charge in [0.1, 0.15) is 6.04 Å². The van der Waals surface area contributed by atoms with Crippen molar-refractivity contribution in [3.63, 3.8) is 0 Å². The van der Waals surface area contributed by atoms with E-state index in [0.29, 0.717) is 31.1 Å². The Balaban J connectivity index is 1.94. The van der Waals surface area contributed by atoms with E-state index >= 15 is 0 Å². The van der Waals surface area contributed by atoms with Gasteiger partial charge in [-0.15, -0.1) is 0 Å². The number of piperidine rings is 1. The van der Waals surface area contributed by atoms with Gasteiger partial charge in [0.05, 0.1) is 0 Å². The summed E-state index contributed by atoms with van der Waals surface area (Å²) in [5.74, 6) is -0.0676. The molecular weight excluding hydrogens is 286 g/mol. The maximum atomic E-state index is 12.3. The van der Waals surface area contributed by atoms with Crippen LogP contribution in [0.4, 0.5) is 0 Å². The highest BCUT2D eigenvalue weighted by Gasteiger charge is 2.31. The van der Waals surface area contributed by atoms with Crippen molar-refractivity contribution >= 4 is 11.9 Å². The third kappa shape index (κ3) is 3.84. The van der Waals surface area contributed by atoms with Crippen LogP contribution in [0.5, 0.6) is 0 Å². The van der Waals surface area contributed by atoms with Crippen molar-refractivity contribution in [2.45, 2.75) is 64.3 Å². The van der Waals surface area contributed by atoms with Crippen LogP contribution in [0.15, 0.2) is 4.52 Å². The van der Waals surface area contributed by atoms with Gasteiger partial charge in [0, 0.05) is 24.8 Å².